The second-order valence-electron chi connectivity index (χ2n) is 4.35. The second-order valence-corrected chi connectivity index (χ2v) is 4.35. The fourth-order valence-electron chi connectivity index (χ4n) is 2.29. The number of rotatable bonds is 3. The van der Waals surface area contributed by atoms with E-state index in [-0.39, 0.29) is 11.9 Å². The number of carbonyl (C=O) groups excluding carboxylic acids is 1. The Bertz CT molecular complexity index is 227. The number of likely N-dealkylation sites (N-methyl/N-ethyl adjacent to an activating group) is 1. The Labute approximate surface area is 85.0 Å². The maximum atomic E-state index is 11.7. The van der Waals surface area contributed by atoms with E-state index in [9.17, 15) is 4.79 Å². The first kappa shape index (κ1) is 9.93. The molecule has 0 aromatic rings. The first-order chi connectivity index (χ1) is 6.74. The molecule has 14 heavy (non-hydrogen) atoms. The highest BCUT2D eigenvalue weighted by atomic mass is 16.2. The van der Waals surface area contributed by atoms with E-state index in [2.05, 4.69) is 22.5 Å². The minimum Gasteiger partial charge on any atom is -0.353 e. The van der Waals surface area contributed by atoms with Crippen LogP contribution in [0.2, 0.25) is 0 Å². The molecule has 0 radical (unpaired) electrons. The monoisotopic (exact) mass is 197 g/mol. The van der Waals surface area contributed by atoms with Crippen LogP contribution in [0.25, 0.3) is 0 Å². The molecule has 2 N–H and O–H groups in total. The summed E-state index contributed by atoms with van der Waals surface area (Å²) in [6, 6.07) is 1.18. The normalized spacial score (nSPS) is 34.3. The van der Waals surface area contributed by atoms with E-state index in [1.807, 2.05) is 7.05 Å². The minimum absolute atomic E-state index is 0.0382. The summed E-state index contributed by atoms with van der Waals surface area (Å²) in [5, 5.41) is 6.06. The third-order valence-corrected chi connectivity index (χ3v) is 3.11. The van der Waals surface area contributed by atoms with Gasteiger partial charge in [-0.25, -0.2) is 0 Å². The van der Waals surface area contributed by atoms with Gasteiger partial charge >= 0.3 is 0 Å². The average Bonchev–Trinajstić information content (AvgIpc) is 2.95. The Morgan fingerprint density at radius 3 is 2.86 bits per heavy atom. The molecule has 2 rings (SSSR count). The van der Waals surface area contributed by atoms with Gasteiger partial charge in [0.1, 0.15) is 6.04 Å². The Balaban J connectivity index is 2.07. The largest absolute Gasteiger partial charge is 0.353 e. The van der Waals surface area contributed by atoms with Gasteiger partial charge in [-0.3, -0.25) is 9.69 Å². The number of carbonyl (C=O) groups is 1. The number of piperazine rings is 1. The Morgan fingerprint density at radius 2 is 2.29 bits per heavy atom. The molecule has 0 spiro atoms. The Kier molecular flexibility index (Phi) is 2.74. The summed E-state index contributed by atoms with van der Waals surface area (Å²) in [4.78, 5) is 14.1. The predicted octanol–water partition coefficient (Wildman–Crippen LogP) is -0.443. The van der Waals surface area contributed by atoms with Crippen LogP contribution >= 0.6 is 0 Å². The van der Waals surface area contributed by atoms with Gasteiger partial charge in [0.2, 0.25) is 5.91 Å². The predicted molar refractivity (Wildman–Crippen MR) is 55.0 cm³/mol. The van der Waals surface area contributed by atoms with Crippen molar-refractivity contribution in [2.45, 2.75) is 37.9 Å². The summed E-state index contributed by atoms with van der Waals surface area (Å²) in [5.41, 5.74) is 0. The van der Waals surface area contributed by atoms with Gasteiger partial charge in [-0.2, -0.15) is 0 Å². The van der Waals surface area contributed by atoms with Crippen LogP contribution in [0.1, 0.15) is 19.8 Å². The molecule has 0 aromatic heterocycles. The van der Waals surface area contributed by atoms with E-state index < -0.39 is 0 Å². The van der Waals surface area contributed by atoms with Gasteiger partial charge in [0.25, 0.3) is 0 Å². The van der Waals surface area contributed by atoms with E-state index in [0.29, 0.717) is 12.1 Å². The lowest BCUT2D eigenvalue weighted by molar-refractivity contribution is -0.131. The van der Waals surface area contributed by atoms with Crippen LogP contribution in [0.4, 0.5) is 0 Å². The highest BCUT2D eigenvalue weighted by Gasteiger charge is 2.42. The number of nitrogens with one attached hydrogen (secondary N) is 2. The number of hydrogen-bond donors (Lipinski definition) is 2. The third kappa shape index (κ3) is 1.77. The van der Waals surface area contributed by atoms with Gasteiger partial charge in [0.05, 0.1) is 0 Å². The van der Waals surface area contributed by atoms with Gasteiger partial charge in [0.15, 0.2) is 0 Å². The first-order valence-electron chi connectivity index (χ1n) is 5.43. The summed E-state index contributed by atoms with van der Waals surface area (Å²) in [5.74, 6) is 0.185. The zero-order valence-electron chi connectivity index (χ0n) is 8.92. The minimum atomic E-state index is 0.0382. The molecule has 2 aliphatic rings. The molecule has 4 heteroatoms. The summed E-state index contributed by atoms with van der Waals surface area (Å²) in [6.07, 6.45) is 2.52. The van der Waals surface area contributed by atoms with Crippen LogP contribution in [-0.4, -0.2) is 49.1 Å². The smallest absolute Gasteiger partial charge is 0.238 e. The standard InChI is InChI=1S/C10H19N3O/c1-7-5-12-10(14)9(6-11-2)13(7)8-3-4-8/h7-9,11H,3-6H2,1-2H3,(H,12,14). The van der Waals surface area contributed by atoms with E-state index in [0.717, 1.165) is 13.1 Å². The Morgan fingerprint density at radius 1 is 1.57 bits per heavy atom. The molecule has 1 aliphatic carbocycles. The summed E-state index contributed by atoms with van der Waals surface area (Å²) >= 11 is 0. The maximum absolute atomic E-state index is 11.7. The fraction of sp³-hybridized carbons (Fsp3) is 0.900. The molecule has 0 aromatic carbocycles. The quantitative estimate of drug-likeness (QED) is 0.644. The zero-order valence-corrected chi connectivity index (χ0v) is 8.92. The van der Waals surface area contributed by atoms with Crippen LogP contribution in [0, 0.1) is 0 Å². The van der Waals surface area contributed by atoms with E-state index in [4.69, 9.17) is 0 Å². The molecule has 2 unspecified atom stereocenters. The molecule has 1 saturated carbocycles. The van der Waals surface area contributed by atoms with Gasteiger partial charge in [0, 0.05) is 25.2 Å². The first-order valence-corrected chi connectivity index (χ1v) is 5.43. The van der Waals surface area contributed by atoms with E-state index >= 15 is 0 Å². The van der Waals surface area contributed by atoms with Gasteiger partial charge in [-0.1, -0.05) is 0 Å². The van der Waals surface area contributed by atoms with Crippen molar-refractivity contribution in [1.29, 1.82) is 0 Å². The second kappa shape index (κ2) is 3.87. The molecular formula is C10H19N3O. The van der Waals surface area contributed by atoms with Crippen LogP contribution in [-0.2, 0) is 4.79 Å². The lowest BCUT2D eigenvalue weighted by Crippen LogP contribution is -2.62. The summed E-state index contributed by atoms with van der Waals surface area (Å²) in [6.45, 7) is 3.75. The van der Waals surface area contributed by atoms with Crippen LogP contribution in [0.5, 0.6) is 0 Å². The molecule has 4 nitrogen and oxygen atoms in total. The lowest BCUT2D eigenvalue weighted by atomic mass is 10.1. The molecule has 1 heterocycles. The molecule has 80 valence electrons. The van der Waals surface area contributed by atoms with Gasteiger partial charge in [-0.05, 0) is 26.8 Å². The Hall–Kier alpha value is -0.610. The summed E-state index contributed by atoms with van der Waals surface area (Å²) < 4.78 is 0. The highest BCUT2D eigenvalue weighted by Crippen LogP contribution is 2.31. The van der Waals surface area contributed by atoms with Crippen molar-refractivity contribution >= 4 is 5.91 Å². The van der Waals surface area contributed by atoms with Crippen molar-refractivity contribution in [3.05, 3.63) is 0 Å². The van der Waals surface area contributed by atoms with Crippen LogP contribution in [0.3, 0.4) is 0 Å². The molecule has 1 amide bonds. The number of amides is 1. The van der Waals surface area contributed by atoms with Crippen molar-refractivity contribution in [2.24, 2.45) is 0 Å². The topological polar surface area (TPSA) is 44.4 Å². The van der Waals surface area contributed by atoms with Gasteiger partial charge < -0.3 is 10.6 Å². The van der Waals surface area contributed by atoms with Crippen molar-refractivity contribution in [1.82, 2.24) is 15.5 Å². The molecule has 2 atom stereocenters. The van der Waals surface area contributed by atoms with Gasteiger partial charge in [-0.15, -0.1) is 0 Å². The number of nitrogens with zero attached hydrogens (tertiary/aromatic N) is 1. The molecule has 1 saturated heterocycles. The molecule has 2 fully saturated rings. The molecule has 0 bridgehead atoms. The third-order valence-electron chi connectivity index (χ3n) is 3.11. The van der Waals surface area contributed by atoms with E-state index in [1.165, 1.54) is 12.8 Å². The van der Waals surface area contributed by atoms with Crippen molar-refractivity contribution in [3.8, 4) is 0 Å². The van der Waals surface area contributed by atoms with Crippen LogP contribution in [0.15, 0.2) is 0 Å². The maximum Gasteiger partial charge on any atom is 0.238 e. The molecule has 1 aliphatic heterocycles. The average molecular weight is 197 g/mol. The lowest BCUT2D eigenvalue weighted by Gasteiger charge is -2.40. The summed E-state index contributed by atoms with van der Waals surface area (Å²) in [7, 11) is 1.90. The van der Waals surface area contributed by atoms with E-state index in [1.54, 1.807) is 0 Å². The SMILES string of the molecule is CNCC1C(=O)NCC(C)N1C1CC1. The van der Waals surface area contributed by atoms with Crippen molar-refractivity contribution in [2.75, 3.05) is 20.1 Å². The van der Waals surface area contributed by atoms with Crippen molar-refractivity contribution in [3.63, 3.8) is 0 Å². The zero-order chi connectivity index (χ0) is 10.1. The molecular weight excluding hydrogens is 178 g/mol. The number of hydrogen-bond acceptors (Lipinski definition) is 3. The fourth-order valence-corrected chi connectivity index (χ4v) is 2.29. The van der Waals surface area contributed by atoms with Crippen LogP contribution < -0.4 is 10.6 Å². The van der Waals surface area contributed by atoms with Crippen molar-refractivity contribution < 1.29 is 4.79 Å². The highest BCUT2D eigenvalue weighted by molar-refractivity contribution is 5.83.